The summed E-state index contributed by atoms with van der Waals surface area (Å²) < 4.78 is 5.53. The highest BCUT2D eigenvalue weighted by Gasteiger charge is 2.31. The second-order valence-electron chi connectivity index (χ2n) is 7.13. The second kappa shape index (κ2) is 7.75. The molecule has 3 aliphatic rings. The molecule has 0 saturated carbocycles. The van der Waals surface area contributed by atoms with E-state index >= 15 is 0 Å². The maximum Gasteiger partial charge on any atom is 0.251 e. The van der Waals surface area contributed by atoms with E-state index in [4.69, 9.17) is 4.74 Å². The maximum absolute atomic E-state index is 12.3. The Morgan fingerprint density at radius 3 is 2.41 bits per heavy atom. The average Bonchev–Trinajstić information content (AvgIpc) is 3.10. The van der Waals surface area contributed by atoms with Crippen LogP contribution in [0.15, 0.2) is 0 Å². The Balaban J connectivity index is 1.37. The molecule has 22 heavy (non-hydrogen) atoms. The minimum atomic E-state index is -0.142. The molecule has 5 heteroatoms. The summed E-state index contributed by atoms with van der Waals surface area (Å²) in [5.41, 5.74) is 0. The van der Waals surface area contributed by atoms with Crippen LogP contribution in [0.3, 0.4) is 0 Å². The molecule has 1 amide bonds. The van der Waals surface area contributed by atoms with Gasteiger partial charge in [-0.25, -0.2) is 0 Å². The Bertz CT molecular complexity index is 355. The van der Waals surface area contributed by atoms with E-state index in [1.165, 1.54) is 32.5 Å². The van der Waals surface area contributed by atoms with Crippen LogP contribution in [0.25, 0.3) is 0 Å². The molecule has 3 saturated heterocycles. The molecule has 5 nitrogen and oxygen atoms in total. The van der Waals surface area contributed by atoms with E-state index in [0.717, 1.165) is 51.3 Å². The number of amides is 1. The highest BCUT2D eigenvalue weighted by Crippen LogP contribution is 2.23. The SMILES string of the molecule is CNC1CCN(CC2CCN(C(=O)C3CCCO3)CC2)CC1. The van der Waals surface area contributed by atoms with E-state index in [2.05, 4.69) is 17.3 Å². The van der Waals surface area contributed by atoms with Crippen LogP contribution >= 0.6 is 0 Å². The molecule has 3 heterocycles. The summed E-state index contributed by atoms with van der Waals surface area (Å²) in [7, 11) is 2.07. The van der Waals surface area contributed by atoms with Gasteiger partial charge in [0.05, 0.1) is 0 Å². The van der Waals surface area contributed by atoms with Crippen molar-refractivity contribution >= 4 is 5.91 Å². The van der Waals surface area contributed by atoms with E-state index in [0.29, 0.717) is 6.04 Å². The van der Waals surface area contributed by atoms with Crippen molar-refractivity contribution in [1.82, 2.24) is 15.1 Å². The summed E-state index contributed by atoms with van der Waals surface area (Å²) >= 11 is 0. The topological polar surface area (TPSA) is 44.8 Å². The summed E-state index contributed by atoms with van der Waals surface area (Å²) in [6.45, 7) is 6.28. The van der Waals surface area contributed by atoms with E-state index in [1.807, 2.05) is 4.90 Å². The third-order valence-electron chi connectivity index (χ3n) is 5.64. The lowest BCUT2D eigenvalue weighted by Gasteiger charge is -2.38. The molecule has 3 aliphatic heterocycles. The standard InChI is InChI=1S/C17H31N3O2/c1-18-15-6-8-19(9-7-15)13-14-4-10-20(11-5-14)17(21)16-3-2-12-22-16/h14-16,18H,2-13H2,1H3. The molecule has 1 unspecified atom stereocenters. The molecule has 1 N–H and O–H groups in total. The van der Waals surface area contributed by atoms with Gasteiger partial charge in [-0.2, -0.15) is 0 Å². The molecule has 0 aromatic carbocycles. The van der Waals surface area contributed by atoms with Crippen molar-refractivity contribution in [2.24, 2.45) is 5.92 Å². The van der Waals surface area contributed by atoms with Crippen molar-refractivity contribution in [2.45, 2.75) is 50.7 Å². The van der Waals surface area contributed by atoms with Gasteiger partial charge < -0.3 is 19.9 Å². The Morgan fingerprint density at radius 1 is 1.09 bits per heavy atom. The molecule has 3 rings (SSSR count). The zero-order chi connectivity index (χ0) is 15.4. The quantitative estimate of drug-likeness (QED) is 0.844. The van der Waals surface area contributed by atoms with Crippen molar-refractivity contribution in [1.29, 1.82) is 0 Å². The van der Waals surface area contributed by atoms with Crippen LogP contribution < -0.4 is 5.32 Å². The maximum atomic E-state index is 12.3. The molecule has 1 atom stereocenters. The second-order valence-corrected chi connectivity index (χ2v) is 7.13. The molecule has 126 valence electrons. The molecular formula is C17H31N3O2. The number of ether oxygens (including phenoxy) is 1. The van der Waals surface area contributed by atoms with E-state index < -0.39 is 0 Å². The number of nitrogens with one attached hydrogen (secondary N) is 1. The first-order valence-corrected chi connectivity index (χ1v) is 9.06. The third kappa shape index (κ3) is 4.00. The fraction of sp³-hybridized carbons (Fsp3) is 0.941. The van der Waals surface area contributed by atoms with Crippen LogP contribution in [0, 0.1) is 5.92 Å². The number of nitrogens with zero attached hydrogens (tertiary/aromatic N) is 2. The van der Waals surface area contributed by atoms with E-state index in [-0.39, 0.29) is 12.0 Å². The first-order chi connectivity index (χ1) is 10.8. The third-order valence-corrected chi connectivity index (χ3v) is 5.64. The fourth-order valence-corrected chi connectivity index (χ4v) is 4.08. The zero-order valence-electron chi connectivity index (χ0n) is 13.9. The van der Waals surface area contributed by atoms with Crippen LogP contribution in [-0.2, 0) is 9.53 Å². The molecule has 0 radical (unpaired) electrons. The van der Waals surface area contributed by atoms with Gasteiger partial charge in [-0.1, -0.05) is 0 Å². The van der Waals surface area contributed by atoms with Crippen molar-refractivity contribution in [3.05, 3.63) is 0 Å². The minimum absolute atomic E-state index is 0.142. The van der Waals surface area contributed by atoms with Crippen LogP contribution in [0.5, 0.6) is 0 Å². The van der Waals surface area contributed by atoms with Crippen molar-refractivity contribution in [3.8, 4) is 0 Å². The number of hydrogen-bond donors (Lipinski definition) is 1. The van der Waals surface area contributed by atoms with Crippen LogP contribution in [-0.4, -0.2) is 74.2 Å². The lowest BCUT2D eigenvalue weighted by atomic mass is 9.94. The summed E-state index contributed by atoms with van der Waals surface area (Å²) in [5, 5.41) is 3.39. The number of piperidine rings is 2. The molecule has 0 aromatic rings. The lowest BCUT2D eigenvalue weighted by molar-refractivity contribution is -0.142. The molecular weight excluding hydrogens is 278 g/mol. The van der Waals surface area contributed by atoms with Crippen LogP contribution in [0.4, 0.5) is 0 Å². The van der Waals surface area contributed by atoms with E-state index in [9.17, 15) is 4.79 Å². The average molecular weight is 309 g/mol. The number of rotatable bonds is 4. The lowest BCUT2D eigenvalue weighted by Crippen LogP contribution is -2.47. The Morgan fingerprint density at radius 2 is 1.82 bits per heavy atom. The highest BCUT2D eigenvalue weighted by molar-refractivity contribution is 5.81. The highest BCUT2D eigenvalue weighted by atomic mass is 16.5. The summed E-state index contributed by atoms with van der Waals surface area (Å²) in [5.74, 6) is 1.01. The normalized spacial score (nSPS) is 29.1. The number of carbonyl (C=O) groups excluding carboxylic acids is 1. The predicted octanol–water partition coefficient (Wildman–Crippen LogP) is 1.09. The minimum Gasteiger partial charge on any atom is -0.368 e. The van der Waals surface area contributed by atoms with Gasteiger partial charge in [0.15, 0.2) is 0 Å². The molecule has 0 bridgehead atoms. The zero-order valence-corrected chi connectivity index (χ0v) is 13.9. The number of likely N-dealkylation sites (tertiary alicyclic amines) is 2. The van der Waals surface area contributed by atoms with Crippen molar-refractivity contribution in [2.75, 3.05) is 46.4 Å². The van der Waals surface area contributed by atoms with E-state index in [1.54, 1.807) is 0 Å². The molecule has 0 spiro atoms. The molecule has 0 aromatic heterocycles. The van der Waals surface area contributed by atoms with Gasteiger partial charge in [0.1, 0.15) is 6.10 Å². The van der Waals surface area contributed by atoms with Gasteiger partial charge in [0, 0.05) is 32.3 Å². The Kier molecular flexibility index (Phi) is 5.71. The van der Waals surface area contributed by atoms with Crippen LogP contribution in [0.1, 0.15) is 38.5 Å². The summed E-state index contributed by atoms with van der Waals surface area (Å²) in [4.78, 5) is 17.0. The van der Waals surface area contributed by atoms with Gasteiger partial charge in [0.25, 0.3) is 5.91 Å². The Hall–Kier alpha value is -0.650. The predicted molar refractivity (Wildman–Crippen MR) is 86.8 cm³/mol. The molecule has 0 aliphatic carbocycles. The van der Waals surface area contributed by atoms with Gasteiger partial charge in [-0.15, -0.1) is 0 Å². The smallest absolute Gasteiger partial charge is 0.251 e. The van der Waals surface area contributed by atoms with Gasteiger partial charge in [0.2, 0.25) is 0 Å². The number of hydrogen-bond acceptors (Lipinski definition) is 4. The number of carbonyl (C=O) groups is 1. The first kappa shape index (κ1) is 16.2. The Labute approximate surface area is 134 Å². The van der Waals surface area contributed by atoms with Crippen molar-refractivity contribution in [3.63, 3.8) is 0 Å². The largest absolute Gasteiger partial charge is 0.368 e. The summed E-state index contributed by atoms with van der Waals surface area (Å²) in [6, 6.07) is 0.710. The van der Waals surface area contributed by atoms with Crippen molar-refractivity contribution < 1.29 is 9.53 Å². The molecule has 3 fully saturated rings. The fourth-order valence-electron chi connectivity index (χ4n) is 4.08. The first-order valence-electron chi connectivity index (χ1n) is 9.06. The van der Waals surface area contributed by atoms with Gasteiger partial charge in [-0.05, 0) is 64.6 Å². The van der Waals surface area contributed by atoms with Gasteiger partial charge in [-0.3, -0.25) is 4.79 Å². The summed E-state index contributed by atoms with van der Waals surface area (Å²) in [6.07, 6.45) is 6.67. The van der Waals surface area contributed by atoms with Gasteiger partial charge >= 0.3 is 0 Å². The monoisotopic (exact) mass is 309 g/mol. The van der Waals surface area contributed by atoms with Crippen LogP contribution in [0.2, 0.25) is 0 Å².